The topological polar surface area (TPSA) is 65.5 Å². The fourth-order valence-corrected chi connectivity index (χ4v) is 2.94. The Morgan fingerprint density at radius 3 is 2.38 bits per heavy atom. The second kappa shape index (κ2) is 13.2. The van der Waals surface area contributed by atoms with E-state index >= 15 is 0 Å². The summed E-state index contributed by atoms with van der Waals surface area (Å²) in [4.78, 5) is 16.0. The molecule has 0 aliphatic rings. The molecular weight excluding hydrogens is 475 g/mol. The first-order valence-electron chi connectivity index (χ1n) is 9.88. The van der Waals surface area contributed by atoms with Gasteiger partial charge in [-0.1, -0.05) is 50.2 Å². The van der Waals surface area contributed by atoms with Crippen molar-refractivity contribution in [3.05, 3.63) is 70.8 Å². The lowest BCUT2D eigenvalue weighted by atomic mass is 10.0. The molecule has 2 aromatic rings. The van der Waals surface area contributed by atoms with Crippen molar-refractivity contribution in [3.63, 3.8) is 0 Å². The van der Waals surface area contributed by atoms with Gasteiger partial charge in [-0.15, -0.1) is 24.0 Å². The van der Waals surface area contributed by atoms with Crippen molar-refractivity contribution in [2.75, 3.05) is 20.6 Å². The molecule has 0 saturated heterocycles. The van der Waals surface area contributed by atoms with Crippen LogP contribution < -0.4 is 16.0 Å². The first kappa shape index (κ1) is 24.9. The molecule has 0 unspecified atom stereocenters. The summed E-state index contributed by atoms with van der Waals surface area (Å²) in [5, 5.41) is 9.29. The van der Waals surface area contributed by atoms with Crippen LogP contribution in [0.2, 0.25) is 0 Å². The maximum Gasteiger partial charge on any atom is 0.251 e. The number of halogens is 1. The van der Waals surface area contributed by atoms with Crippen LogP contribution >= 0.6 is 24.0 Å². The first-order valence-corrected chi connectivity index (χ1v) is 9.88. The largest absolute Gasteiger partial charge is 0.356 e. The Morgan fingerprint density at radius 2 is 1.76 bits per heavy atom. The molecule has 158 valence electrons. The maximum atomic E-state index is 11.7. The lowest BCUT2D eigenvalue weighted by Gasteiger charge is -2.13. The van der Waals surface area contributed by atoms with Crippen LogP contribution in [0, 0.1) is 0 Å². The van der Waals surface area contributed by atoms with Gasteiger partial charge in [-0.25, -0.2) is 0 Å². The van der Waals surface area contributed by atoms with Crippen LogP contribution in [0.4, 0.5) is 0 Å². The number of nitrogens with zero attached hydrogens (tertiary/aromatic N) is 1. The fourth-order valence-electron chi connectivity index (χ4n) is 2.94. The van der Waals surface area contributed by atoms with Crippen molar-refractivity contribution in [3.8, 4) is 0 Å². The normalized spacial score (nSPS) is 11.0. The number of aryl methyl sites for hydroxylation is 1. The van der Waals surface area contributed by atoms with Gasteiger partial charge in [-0.3, -0.25) is 9.79 Å². The Balaban J connectivity index is 0.00000420. The van der Waals surface area contributed by atoms with Crippen LogP contribution in [0.15, 0.2) is 53.5 Å². The molecular formula is C23H33IN4O. The number of hydrogen-bond donors (Lipinski definition) is 3. The molecule has 0 spiro atoms. The van der Waals surface area contributed by atoms with E-state index in [2.05, 4.69) is 59.1 Å². The third-order valence-electron chi connectivity index (χ3n) is 4.68. The van der Waals surface area contributed by atoms with Crippen molar-refractivity contribution in [2.45, 2.75) is 39.2 Å². The average molecular weight is 508 g/mol. The Hall–Kier alpha value is -2.09. The van der Waals surface area contributed by atoms with Crippen LogP contribution in [-0.4, -0.2) is 32.5 Å². The summed E-state index contributed by atoms with van der Waals surface area (Å²) in [7, 11) is 3.40. The Morgan fingerprint density at radius 1 is 1.03 bits per heavy atom. The van der Waals surface area contributed by atoms with Gasteiger partial charge in [0.05, 0.1) is 0 Å². The zero-order chi connectivity index (χ0) is 20.4. The smallest absolute Gasteiger partial charge is 0.251 e. The summed E-state index contributed by atoms with van der Waals surface area (Å²) in [5.41, 5.74) is 4.44. The van der Waals surface area contributed by atoms with E-state index in [0.717, 1.165) is 30.9 Å². The molecule has 29 heavy (non-hydrogen) atoms. The minimum absolute atomic E-state index is 0. The molecule has 2 rings (SSSR count). The molecule has 0 radical (unpaired) electrons. The third-order valence-corrected chi connectivity index (χ3v) is 4.68. The van der Waals surface area contributed by atoms with E-state index in [4.69, 9.17) is 0 Å². The first-order chi connectivity index (χ1) is 13.5. The predicted molar refractivity (Wildman–Crippen MR) is 132 cm³/mol. The number of amides is 1. The van der Waals surface area contributed by atoms with E-state index in [9.17, 15) is 4.79 Å². The van der Waals surface area contributed by atoms with Crippen LogP contribution in [-0.2, 0) is 13.0 Å². The molecule has 5 nitrogen and oxygen atoms in total. The minimum atomic E-state index is -0.0780. The Labute approximate surface area is 191 Å². The highest BCUT2D eigenvalue weighted by Gasteiger charge is 2.04. The van der Waals surface area contributed by atoms with Crippen LogP contribution in [0.3, 0.4) is 0 Å². The van der Waals surface area contributed by atoms with Gasteiger partial charge in [-0.05, 0) is 47.6 Å². The van der Waals surface area contributed by atoms with E-state index in [1.807, 2.05) is 24.3 Å². The zero-order valence-corrected chi connectivity index (χ0v) is 20.1. The van der Waals surface area contributed by atoms with E-state index in [0.29, 0.717) is 18.0 Å². The van der Waals surface area contributed by atoms with Gasteiger partial charge in [0, 0.05) is 32.7 Å². The van der Waals surface area contributed by atoms with E-state index in [1.54, 1.807) is 14.1 Å². The number of hydrogen-bond acceptors (Lipinski definition) is 2. The van der Waals surface area contributed by atoms with Gasteiger partial charge < -0.3 is 16.0 Å². The van der Waals surface area contributed by atoms with Gasteiger partial charge in [0.25, 0.3) is 5.91 Å². The summed E-state index contributed by atoms with van der Waals surface area (Å²) >= 11 is 0. The fraction of sp³-hybridized carbons (Fsp3) is 0.391. The number of nitrogens with one attached hydrogen (secondary N) is 3. The molecule has 0 aromatic heterocycles. The number of rotatable bonds is 8. The molecule has 0 aliphatic carbocycles. The van der Waals surface area contributed by atoms with Crippen LogP contribution in [0.1, 0.15) is 53.2 Å². The van der Waals surface area contributed by atoms with Crippen LogP contribution in [0.5, 0.6) is 0 Å². The molecule has 0 saturated carbocycles. The summed E-state index contributed by atoms with van der Waals surface area (Å²) in [6.45, 7) is 5.89. The van der Waals surface area contributed by atoms with E-state index in [-0.39, 0.29) is 29.9 Å². The third kappa shape index (κ3) is 8.43. The standard InChI is InChI=1S/C23H32N4O.HI/c1-17(2)20-12-10-18(11-13-20)8-6-14-26-23(25-4)27-16-19-7-5-9-21(15-19)22(28)24-3;/h5,7,9-13,15,17H,6,8,14,16H2,1-4H3,(H,24,28)(H2,25,26,27);1H. The van der Waals surface area contributed by atoms with Crippen molar-refractivity contribution in [2.24, 2.45) is 4.99 Å². The second-order valence-corrected chi connectivity index (χ2v) is 7.13. The number of carbonyl (C=O) groups is 1. The molecule has 3 N–H and O–H groups in total. The van der Waals surface area contributed by atoms with Crippen molar-refractivity contribution in [1.82, 2.24) is 16.0 Å². The van der Waals surface area contributed by atoms with Gasteiger partial charge >= 0.3 is 0 Å². The molecule has 0 fully saturated rings. The van der Waals surface area contributed by atoms with Gasteiger partial charge in [0.1, 0.15) is 0 Å². The predicted octanol–water partition coefficient (Wildman–Crippen LogP) is 4.09. The van der Waals surface area contributed by atoms with Gasteiger partial charge in [0.2, 0.25) is 0 Å². The second-order valence-electron chi connectivity index (χ2n) is 7.13. The maximum absolute atomic E-state index is 11.7. The summed E-state index contributed by atoms with van der Waals surface area (Å²) in [6, 6.07) is 16.5. The summed E-state index contributed by atoms with van der Waals surface area (Å²) < 4.78 is 0. The van der Waals surface area contributed by atoms with Crippen molar-refractivity contribution in [1.29, 1.82) is 0 Å². The highest BCUT2D eigenvalue weighted by Crippen LogP contribution is 2.15. The average Bonchev–Trinajstić information content (AvgIpc) is 2.73. The lowest BCUT2D eigenvalue weighted by molar-refractivity contribution is 0.0963. The number of benzene rings is 2. The van der Waals surface area contributed by atoms with E-state index in [1.165, 1.54) is 11.1 Å². The number of guanidine groups is 1. The highest BCUT2D eigenvalue weighted by atomic mass is 127. The summed E-state index contributed by atoms with van der Waals surface area (Å²) in [5.74, 6) is 1.26. The van der Waals surface area contributed by atoms with Crippen molar-refractivity contribution < 1.29 is 4.79 Å². The van der Waals surface area contributed by atoms with Crippen LogP contribution in [0.25, 0.3) is 0 Å². The monoisotopic (exact) mass is 508 g/mol. The Kier molecular flexibility index (Phi) is 11.3. The number of aliphatic imine (C=N–C) groups is 1. The summed E-state index contributed by atoms with van der Waals surface area (Å²) in [6.07, 6.45) is 2.07. The molecule has 1 amide bonds. The van der Waals surface area contributed by atoms with E-state index < -0.39 is 0 Å². The SMILES string of the molecule is CN=C(NCCCc1ccc(C(C)C)cc1)NCc1cccc(C(=O)NC)c1.I. The quantitative estimate of drug-likeness (QED) is 0.218. The molecule has 0 aliphatic heterocycles. The molecule has 6 heteroatoms. The Bertz CT molecular complexity index is 788. The molecule has 2 aromatic carbocycles. The molecule has 0 bridgehead atoms. The minimum Gasteiger partial charge on any atom is -0.356 e. The van der Waals surface area contributed by atoms with Gasteiger partial charge in [0.15, 0.2) is 5.96 Å². The highest BCUT2D eigenvalue weighted by molar-refractivity contribution is 14.0. The zero-order valence-electron chi connectivity index (χ0n) is 17.8. The lowest BCUT2D eigenvalue weighted by Crippen LogP contribution is -2.37. The van der Waals surface area contributed by atoms with Gasteiger partial charge in [-0.2, -0.15) is 0 Å². The van der Waals surface area contributed by atoms with Crippen molar-refractivity contribution >= 4 is 35.8 Å². The molecule has 0 heterocycles. The molecule has 0 atom stereocenters. The number of carbonyl (C=O) groups excluding carboxylic acids is 1.